The summed E-state index contributed by atoms with van der Waals surface area (Å²) >= 11 is 0. The zero-order valence-corrected chi connectivity index (χ0v) is 12.0. The largest absolute Gasteiger partial charge is 0.480 e. The predicted octanol–water partition coefficient (Wildman–Crippen LogP) is 1.40. The average molecular weight is 272 g/mol. The second-order valence-electron chi connectivity index (χ2n) is 5.10. The van der Waals surface area contributed by atoms with Gasteiger partial charge in [-0.05, 0) is 26.7 Å². The zero-order chi connectivity index (χ0) is 14.4. The molecule has 1 unspecified atom stereocenters. The number of aliphatic carboxylic acids is 1. The van der Waals surface area contributed by atoms with Gasteiger partial charge in [-0.25, -0.2) is 4.79 Å². The number of carbonyl (C=O) groups is 2. The van der Waals surface area contributed by atoms with Gasteiger partial charge >= 0.3 is 12.0 Å². The molecular formula is C13H24N2O4. The third-order valence-corrected chi connectivity index (χ3v) is 3.25. The molecule has 6 heteroatoms. The topological polar surface area (TPSA) is 70.1 Å². The van der Waals surface area contributed by atoms with Crippen molar-refractivity contribution in [1.29, 1.82) is 0 Å². The quantitative estimate of drug-likeness (QED) is 0.840. The van der Waals surface area contributed by atoms with Crippen molar-refractivity contribution in [1.82, 2.24) is 9.80 Å². The van der Waals surface area contributed by atoms with E-state index in [4.69, 9.17) is 9.84 Å². The molecule has 1 rings (SSSR count). The van der Waals surface area contributed by atoms with Gasteiger partial charge < -0.3 is 19.6 Å². The zero-order valence-electron chi connectivity index (χ0n) is 12.0. The Labute approximate surface area is 114 Å². The number of urea groups is 1. The standard InChI is InChI=1S/C13H24N2O4/c1-4-11-8-14(6-5-7-19-11)13(18)15(10(2)3)9-12(16)17/h10-11H,4-9H2,1-3H3,(H,16,17). The first-order valence-corrected chi connectivity index (χ1v) is 6.84. The lowest BCUT2D eigenvalue weighted by Gasteiger charge is -2.32. The van der Waals surface area contributed by atoms with Crippen LogP contribution in [0.15, 0.2) is 0 Å². The summed E-state index contributed by atoms with van der Waals surface area (Å²) in [6, 6.07) is -0.339. The highest BCUT2D eigenvalue weighted by atomic mass is 16.5. The van der Waals surface area contributed by atoms with E-state index in [-0.39, 0.29) is 24.7 Å². The van der Waals surface area contributed by atoms with Crippen LogP contribution < -0.4 is 0 Å². The monoisotopic (exact) mass is 272 g/mol. The Morgan fingerprint density at radius 2 is 2.16 bits per heavy atom. The number of ether oxygens (including phenoxy) is 1. The summed E-state index contributed by atoms with van der Waals surface area (Å²) in [4.78, 5) is 26.4. The van der Waals surface area contributed by atoms with Crippen molar-refractivity contribution in [3.63, 3.8) is 0 Å². The molecule has 1 N–H and O–H groups in total. The maximum absolute atomic E-state index is 12.4. The van der Waals surface area contributed by atoms with Crippen molar-refractivity contribution in [2.75, 3.05) is 26.2 Å². The Bertz CT molecular complexity index is 320. The maximum Gasteiger partial charge on any atom is 0.323 e. The molecule has 0 bridgehead atoms. The van der Waals surface area contributed by atoms with Gasteiger partial charge in [0.15, 0.2) is 0 Å². The van der Waals surface area contributed by atoms with Gasteiger partial charge in [-0.15, -0.1) is 0 Å². The predicted molar refractivity (Wildman–Crippen MR) is 71.1 cm³/mol. The lowest BCUT2D eigenvalue weighted by atomic mass is 10.2. The van der Waals surface area contributed by atoms with Crippen LogP contribution in [-0.2, 0) is 9.53 Å². The molecule has 2 amide bonds. The number of carboxylic acids is 1. The molecule has 1 saturated heterocycles. The van der Waals surface area contributed by atoms with E-state index in [9.17, 15) is 9.59 Å². The van der Waals surface area contributed by atoms with Crippen LogP contribution in [-0.4, -0.2) is 65.3 Å². The van der Waals surface area contributed by atoms with Crippen molar-refractivity contribution in [3.8, 4) is 0 Å². The summed E-state index contributed by atoms with van der Waals surface area (Å²) in [6.45, 7) is 7.24. The molecule has 1 aliphatic rings. The number of carbonyl (C=O) groups excluding carboxylic acids is 1. The molecule has 1 atom stereocenters. The van der Waals surface area contributed by atoms with E-state index in [0.717, 1.165) is 12.8 Å². The average Bonchev–Trinajstić information content (AvgIpc) is 2.59. The summed E-state index contributed by atoms with van der Waals surface area (Å²) in [5.74, 6) is -0.986. The Hall–Kier alpha value is -1.30. The van der Waals surface area contributed by atoms with Gasteiger partial charge in [-0.2, -0.15) is 0 Å². The van der Waals surface area contributed by atoms with Gasteiger partial charge in [-0.1, -0.05) is 6.92 Å². The normalized spacial score (nSPS) is 20.2. The smallest absolute Gasteiger partial charge is 0.323 e. The summed E-state index contributed by atoms with van der Waals surface area (Å²) in [7, 11) is 0. The Morgan fingerprint density at radius 3 is 2.68 bits per heavy atom. The maximum atomic E-state index is 12.4. The summed E-state index contributed by atoms with van der Waals surface area (Å²) in [6.07, 6.45) is 1.69. The molecule has 1 fully saturated rings. The molecule has 19 heavy (non-hydrogen) atoms. The number of rotatable bonds is 4. The first-order chi connectivity index (χ1) is 8.95. The highest BCUT2D eigenvalue weighted by molar-refractivity contribution is 5.80. The molecule has 1 aliphatic heterocycles. The van der Waals surface area contributed by atoms with Crippen molar-refractivity contribution < 1.29 is 19.4 Å². The molecule has 1 heterocycles. The minimum atomic E-state index is -0.986. The second-order valence-corrected chi connectivity index (χ2v) is 5.10. The van der Waals surface area contributed by atoms with Crippen molar-refractivity contribution in [2.45, 2.75) is 45.8 Å². The van der Waals surface area contributed by atoms with E-state index < -0.39 is 5.97 Å². The van der Waals surface area contributed by atoms with Crippen LogP contribution in [0, 0.1) is 0 Å². The van der Waals surface area contributed by atoms with Crippen LogP contribution >= 0.6 is 0 Å². The van der Waals surface area contributed by atoms with Crippen LogP contribution in [0.2, 0.25) is 0 Å². The number of hydrogen-bond donors (Lipinski definition) is 1. The number of amides is 2. The molecule has 0 aliphatic carbocycles. The Kier molecular flexibility index (Phi) is 6.08. The second kappa shape index (κ2) is 7.33. The third kappa shape index (κ3) is 4.70. The van der Waals surface area contributed by atoms with Gasteiger partial charge in [0.2, 0.25) is 0 Å². The molecule has 0 radical (unpaired) electrons. The van der Waals surface area contributed by atoms with Gasteiger partial charge in [0.1, 0.15) is 6.54 Å². The van der Waals surface area contributed by atoms with Crippen LogP contribution in [0.25, 0.3) is 0 Å². The molecule has 0 aromatic heterocycles. The van der Waals surface area contributed by atoms with Gasteiger partial charge in [0.25, 0.3) is 0 Å². The fourth-order valence-corrected chi connectivity index (χ4v) is 2.11. The minimum absolute atomic E-state index is 0.0466. The minimum Gasteiger partial charge on any atom is -0.480 e. The highest BCUT2D eigenvalue weighted by Crippen LogP contribution is 2.12. The van der Waals surface area contributed by atoms with Crippen molar-refractivity contribution >= 4 is 12.0 Å². The molecule has 6 nitrogen and oxygen atoms in total. The number of nitrogens with zero attached hydrogens (tertiary/aromatic N) is 2. The van der Waals surface area contributed by atoms with Crippen molar-refractivity contribution in [3.05, 3.63) is 0 Å². The molecular weight excluding hydrogens is 248 g/mol. The summed E-state index contributed by atoms with van der Waals surface area (Å²) in [5, 5.41) is 8.90. The third-order valence-electron chi connectivity index (χ3n) is 3.25. The molecule has 0 saturated carbocycles. The highest BCUT2D eigenvalue weighted by Gasteiger charge is 2.28. The Balaban J connectivity index is 2.73. The molecule has 110 valence electrons. The number of hydrogen-bond acceptors (Lipinski definition) is 3. The lowest BCUT2D eigenvalue weighted by Crippen LogP contribution is -2.50. The summed E-state index contributed by atoms with van der Waals surface area (Å²) in [5.41, 5.74) is 0. The van der Waals surface area contributed by atoms with E-state index in [1.807, 2.05) is 20.8 Å². The SMILES string of the molecule is CCC1CN(C(=O)N(CC(=O)O)C(C)C)CCCO1. The van der Waals surface area contributed by atoms with Crippen LogP contribution in [0.4, 0.5) is 4.79 Å². The fraction of sp³-hybridized carbons (Fsp3) is 0.846. The van der Waals surface area contributed by atoms with Crippen LogP contribution in [0.1, 0.15) is 33.6 Å². The van der Waals surface area contributed by atoms with Crippen LogP contribution in [0.3, 0.4) is 0 Å². The molecule has 0 spiro atoms. The van der Waals surface area contributed by atoms with E-state index >= 15 is 0 Å². The lowest BCUT2D eigenvalue weighted by molar-refractivity contribution is -0.138. The van der Waals surface area contributed by atoms with Crippen LogP contribution in [0.5, 0.6) is 0 Å². The van der Waals surface area contributed by atoms with E-state index in [0.29, 0.717) is 19.7 Å². The molecule has 0 aromatic carbocycles. The Morgan fingerprint density at radius 1 is 1.47 bits per heavy atom. The van der Waals surface area contributed by atoms with E-state index in [1.165, 1.54) is 4.90 Å². The number of carboxylic acid groups (broad SMARTS) is 1. The fourth-order valence-electron chi connectivity index (χ4n) is 2.11. The first kappa shape index (κ1) is 15.8. The van der Waals surface area contributed by atoms with Crippen molar-refractivity contribution in [2.24, 2.45) is 0 Å². The van der Waals surface area contributed by atoms with Gasteiger partial charge in [0, 0.05) is 25.7 Å². The summed E-state index contributed by atoms with van der Waals surface area (Å²) < 4.78 is 5.63. The van der Waals surface area contributed by atoms with E-state index in [2.05, 4.69) is 0 Å². The van der Waals surface area contributed by atoms with Gasteiger partial charge in [0.05, 0.1) is 6.10 Å². The molecule has 0 aromatic rings. The van der Waals surface area contributed by atoms with Gasteiger partial charge in [-0.3, -0.25) is 4.79 Å². The van der Waals surface area contributed by atoms with E-state index in [1.54, 1.807) is 4.90 Å². The first-order valence-electron chi connectivity index (χ1n) is 6.84.